The van der Waals surface area contributed by atoms with Crippen LogP contribution in [0.25, 0.3) is 0 Å². The highest BCUT2D eigenvalue weighted by Gasteiger charge is 2.37. The van der Waals surface area contributed by atoms with E-state index in [1.807, 2.05) is 5.43 Å². The highest BCUT2D eigenvalue weighted by molar-refractivity contribution is 6.22. The first-order valence-electron chi connectivity index (χ1n) is 4.16. The number of methoxy groups -OCH3 is 1. The van der Waals surface area contributed by atoms with Crippen LogP contribution in [-0.4, -0.2) is 12.5 Å². The van der Waals surface area contributed by atoms with Crippen molar-refractivity contribution in [3.05, 3.63) is 29.8 Å². The van der Waals surface area contributed by atoms with Crippen molar-refractivity contribution in [2.24, 2.45) is 5.84 Å². The molecule has 0 aliphatic carbocycles. The van der Waals surface area contributed by atoms with Crippen LogP contribution in [0.5, 0.6) is 5.75 Å². The van der Waals surface area contributed by atoms with Crippen LogP contribution in [0.4, 0.5) is 8.78 Å². The number of nitrogens with two attached hydrogens (primary N) is 1. The number of hydrazine groups is 1. The van der Waals surface area contributed by atoms with Crippen molar-refractivity contribution in [2.75, 3.05) is 7.11 Å². The zero-order valence-corrected chi connectivity index (χ0v) is 8.76. The molecule has 0 aliphatic heterocycles. The fourth-order valence-corrected chi connectivity index (χ4v) is 1.39. The SMILES string of the molecule is COc1cccc(C(NN)C(F)(F)Cl)c1. The van der Waals surface area contributed by atoms with Crippen LogP contribution in [0.15, 0.2) is 24.3 Å². The van der Waals surface area contributed by atoms with Crippen molar-refractivity contribution < 1.29 is 13.5 Å². The number of alkyl halides is 3. The normalized spacial score (nSPS) is 13.7. The average Bonchev–Trinajstić information content (AvgIpc) is 2.17. The number of nitrogens with one attached hydrogen (secondary N) is 1. The molecule has 1 unspecified atom stereocenters. The minimum atomic E-state index is -3.46. The smallest absolute Gasteiger partial charge is 0.342 e. The summed E-state index contributed by atoms with van der Waals surface area (Å²) in [6, 6.07) is 4.71. The Morgan fingerprint density at radius 1 is 1.53 bits per heavy atom. The van der Waals surface area contributed by atoms with Crippen molar-refractivity contribution in [3.63, 3.8) is 0 Å². The minimum absolute atomic E-state index is 0.261. The fourth-order valence-electron chi connectivity index (χ4n) is 1.20. The predicted octanol–water partition coefficient (Wildman–Crippen LogP) is 2.03. The summed E-state index contributed by atoms with van der Waals surface area (Å²) < 4.78 is 30.7. The van der Waals surface area contributed by atoms with Crippen LogP contribution >= 0.6 is 11.6 Å². The van der Waals surface area contributed by atoms with Gasteiger partial charge in [0.15, 0.2) is 0 Å². The summed E-state index contributed by atoms with van der Waals surface area (Å²) in [7, 11) is 1.45. The average molecular weight is 237 g/mol. The van der Waals surface area contributed by atoms with Crippen molar-refractivity contribution in [1.29, 1.82) is 0 Å². The second kappa shape index (κ2) is 4.74. The minimum Gasteiger partial charge on any atom is -0.497 e. The first-order chi connectivity index (χ1) is 6.99. The maximum Gasteiger partial charge on any atom is 0.342 e. The van der Waals surface area contributed by atoms with E-state index in [4.69, 9.17) is 22.2 Å². The molecule has 0 fully saturated rings. The zero-order valence-electron chi connectivity index (χ0n) is 8.01. The molecular formula is C9H11ClF2N2O. The summed E-state index contributed by atoms with van der Waals surface area (Å²) in [6.07, 6.45) is 0. The van der Waals surface area contributed by atoms with Gasteiger partial charge in [-0.25, -0.2) is 5.43 Å². The van der Waals surface area contributed by atoms with Gasteiger partial charge in [0.25, 0.3) is 0 Å². The predicted molar refractivity (Wildman–Crippen MR) is 53.9 cm³/mol. The summed E-state index contributed by atoms with van der Waals surface area (Å²) in [6.45, 7) is 0. The summed E-state index contributed by atoms with van der Waals surface area (Å²) in [4.78, 5) is 0. The van der Waals surface area contributed by atoms with E-state index in [0.717, 1.165) is 0 Å². The Labute approximate surface area is 91.1 Å². The van der Waals surface area contributed by atoms with Gasteiger partial charge in [-0.05, 0) is 29.3 Å². The monoisotopic (exact) mass is 236 g/mol. The lowest BCUT2D eigenvalue weighted by atomic mass is 10.1. The standard InChI is InChI=1S/C9H11ClF2N2O/c1-15-7-4-2-3-6(5-7)8(14-13)9(10,11)12/h2-5,8,14H,13H2,1H3. The molecule has 1 rings (SSSR count). The molecule has 1 aromatic rings. The molecule has 0 saturated heterocycles. The van der Waals surface area contributed by atoms with Crippen LogP contribution < -0.4 is 16.0 Å². The number of benzene rings is 1. The molecule has 0 saturated carbocycles. The van der Waals surface area contributed by atoms with Gasteiger partial charge in [0, 0.05) is 0 Å². The molecule has 0 bridgehead atoms. The van der Waals surface area contributed by atoms with Gasteiger partial charge in [0.2, 0.25) is 0 Å². The van der Waals surface area contributed by atoms with Crippen LogP contribution in [-0.2, 0) is 0 Å². The molecule has 3 N–H and O–H groups in total. The van der Waals surface area contributed by atoms with E-state index in [9.17, 15) is 8.78 Å². The van der Waals surface area contributed by atoms with Crippen molar-refractivity contribution >= 4 is 11.6 Å². The van der Waals surface area contributed by atoms with Gasteiger partial charge in [-0.15, -0.1) is 0 Å². The fraction of sp³-hybridized carbons (Fsp3) is 0.333. The van der Waals surface area contributed by atoms with E-state index in [2.05, 4.69) is 0 Å². The van der Waals surface area contributed by atoms with Gasteiger partial charge in [0.05, 0.1) is 7.11 Å². The molecule has 0 radical (unpaired) electrons. The summed E-state index contributed by atoms with van der Waals surface area (Å²) in [5, 5.41) is -3.46. The Kier molecular flexibility index (Phi) is 3.84. The molecule has 3 nitrogen and oxygen atoms in total. The Morgan fingerprint density at radius 3 is 2.67 bits per heavy atom. The van der Waals surface area contributed by atoms with Gasteiger partial charge in [-0.1, -0.05) is 12.1 Å². The first kappa shape index (κ1) is 12.2. The topological polar surface area (TPSA) is 47.3 Å². The van der Waals surface area contributed by atoms with Gasteiger partial charge < -0.3 is 4.74 Å². The van der Waals surface area contributed by atoms with E-state index in [0.29, 0.717) is 5.75 Å². The number of ether oxygens (including phenoxy) is 1. The zero-order chi connectivity index (χ0) is 11.5. The van der Waals surface area contributed by atoms with Gasteiger partial charge >= 0.3 is 5.38 Å². The Hall–Kier alpha value is -0.910. The highest BCUT2D eigenvalue weighted by Crippen LogP contribution is 2.35. The van der Waals surface area contributed by atoms with Gasteiger partial charge in [-0.2, -0.15) is 8.78 Å². The first-order valence-corrected chi connectivity index (χ1v) is 4.53. The molecular weight excluding hydrogens is 226 g/mol. The van der Waals surface area contributed by atoms with Gasteiger partial charge in [-0.3, -0.25) is 5.84 Å². The summed E-state index contributed by atoms with van der Waals surface area (Å²) in [5.74, 6) is 5.49. The van der Waals surface area contributed by atoms with Crippen LogP contribution in [0, 0.1) is 0 Å². The van der Waals surface area contributed by atoms with E-state index in [1.54, 1.807) is 12.1 Å². The van der Waals surface area contributed by atoms with E-state index < -0.39 is 11.4 Å². The molecule has 0 aliphatic rings. The molecule has 0 spiro atoms. The van der Waals surface area contributed by atoms with Gasteiger partial charge in [0.1, 0.15) is 11.8 Å². The summed E-state index contributed by atoms with van der Waals surface area (Å²) in [5.41, 5.74) is 2.23. The second-order valence-corrected chi connectivity index (χ2v) is 3.42. The number of rotatable bonds is 4. The van der Waals surface area contributed by atoms with E-state index in [1.165, 1.54) is 19.2 Å². The second-order valence-electron chi connectivity index (χ2n) is 2.92. The van der Waals surface area contributed by atoms with Crippen molar-refractivity contribution in [1.82, 2.24) is 5.43 Å². The molecule has 15 heavy (non-hydrogen) atoms. The molecule has 0 amide bonds. The lowest BCUT2D eigenvalue weighted by molar-refractivity contribution is 0.0497. The molecule has 1 aromatic carbocycles. The summed E-state index contributed by atoms with van der Waals surface area (Å²) >= 11 is 4.91. The highest BCUT2D eigenvalue weighted by atomic mass is 35.5. The molecule has 0 aromatic heterocycles. The molecule has 84 valence electrons. The Bertz CT molecular complexity index is 330. The maximum absolute atomic E-state index is 12.9. The third-order valence-corrected chi connectivity index (χ3v) is 2.14. The number of hydrogen-bond acceptors (Lipinski definition) is 3. The number of hydrogen-bond donors (Lipinski definition) is 2. The molecule has 1 atom stereocenters. The lowest BCUT2D eigenvalue weighted by Gasteiger charge is -2.21. The lowest BCUT2D eigenvalue weighted by Crippen LogP contribution is -2.37. The van der Waals surface area contributed by atoms with Crippen LogP contribution in [0.2, 0.25) is 0 Å². The van der Waals surface area contributed by atoms with Crippen LogP contribution in [0.3, 0.4) is 0 Å². The molecule has 0 heterocycles. The van der Waals surface area contributed by atoms with Crippen molar-refractivity contribution in [3.8, 4) is 5.75 Å². The van der Waals surface area contributed by atoms with E-state index >= 15 is 0 Å². The van der Waals surface area contributed by atoms with Crippen molar-refractivity contribution in [2.45, 2.75) is 11.4 Å². The maximum atomic E-state index is 12.9. The number of halogens is 3. The quantitative estimate of drug-likeness (QED) is 0.478. The third-order valence-electron chi connectivity index (χ3n) is 1.92. The third kappa shape index (κ3) is 3.02. The Balaban J connectivity index is 3.02. The van der Waals surface area contributed by atoms with E-state index in [-0.39, 0.29) is 5.56 Å². The molecule has 6 heteroatoms. The Morgan fingerprint density at radius 2 is 2.20 bits per heavy atom. The largest absolute Gasteiger partial charge is 0.497 e. The van der Waals surface area contributed by atoms with Crippen LogP contribution in [0.1, 0.15) is 11.6 Å².